The molecule has 3 fully saturated rings. The molecule has 0 aromatic carbocycles. The Balaban J connectivity index is 1.99. The zero-order chi connectivity index (χ0) is 28.6. The van der Waals surface area contributed by atoms with Crippen LogP contribution >= 0.6 is 7.60 Å². The van der Waals surface area contributed by atoms with Gasteiger partial charge in [0, 0.05) is 33.2 Å². The summed E-state index contributed by atoms with van der Waals surface area (Å²) >= 11 is 0. The van der Waals surface area contributed by atoms with Gasteiger partial charge in [0.15, 0.2) is 0 Å². The maximum Gasteiger partial charge on any atom is 0.334 e. The molecule has 3 aliphatic rings. The van der Waals surface area contributed by atoms with Gasteiger partial charge in [0.1, 0.15) is 0 Å². The van der Waals surface area contributed by atoms with Crippen LogP contribution in [0.2, 0.25) is 0 Å². The number of hydroxylamine groups is 6. The van der Waals surface area contributed by atoms with Crippen molar-refractivity contribution >= 4 is 7.60 Å². The maximum absolute atomic E-state index is 15.1. The number of rotatable bonds is 5. The van der Waals surface area contributed by atoms with Crippen molar-refractivity contribution in [3.8, 4) is 0 Å². The maximum atomic E-state index is 15.1. The Hall–Kier alpha value is -0.0900. The van der Waals surface area contributed by atoms with E-state index >= 15 is 4.57 Å². The van der Waals surface area contributed by atoms with Gasteiger partial charge in [-0.1, -0.05) is 0 Å². The van der Waals surface area contributed by atoms with Crippen LogP contribution in [-0.4, -0.2) is 81.9 Å². The summed E-state index contributed by atoms with van der Waals surface area (Å²) < 4.78 is 28.4. The van der Waals surface area contributed by atoms with E-state index in [1.807, 2.05) is 83.1 Å². The smallest absolute Gasteiger partial charge is 0.313 e. The van der Waals surface area contributed by atoms with Gasteiger partial charge in [0.2, 0.25) is 0 Å². The van der Waals surface area contributed by atoms with Crippen LogP contribution in [0.1, 0.15) is 122 Å². The number of hydrogen-bond acceptors (Lipinski definition) is 9. The molecule has 0 bridgehead atoms. The fourth-order valence-electron chi connectivity index (χ4n) is 7.56. The molecule has 9 nitrogen and oxygen atoms in total. The number of piperidine rings is 3. The summed E-state index contributed by atoms with van der Waals surface area (Å²) in [6, 6.07) is 0. The third-order valence-corrected chi connectivity index (χ3v) is 11.3. The number of hydrogen-bond donors (Lipinski definition) is 3. The first kappa shape index (κ1) is 31.4. The summed E-state index contributed by atoms with van der Waals surface area (Å²) in [7, 11) is -3.72. The molecule has 3 rings (SSSR count). The molecule has 3 aliphatic heterocycles. The van der Waals surface area contributed by atoms with Crippen molar-refractivity contribution < 1.29 is 29.2 Å². The highest BCUT2D eigenvalue weighted by atomic mass is 31.2. The predicted octanol–water partition coefficient (Wildman–Crippen LogP) is 6.45. The zero-order valence-corrected chi connectivity index (χ0v) is 26.2. The van der Waals surface area contributed by atoms with Gasteiger partial charge < -0.3 is 24.7 Å². The molecule has 3 N–H and O–H groups in total. The lowest BCUT2D eigenvalue weighted by Crippen LogP contribution is -2.62. The van der Waals surface area contributed by atoms with Crippen molar-refractivity contribution in [2.24, 2.45) is 0 Å². The predicted molar refractivity (Wildman–Crippen MR) is 144 cm³/mol. The van der Waals surface area contributed by atoms with E-state index in [2.05, 4.69) is 0 Å². The highest BCUT2D eigenvalue weighted by Gasteiger charge is 2.56. The topological polar surface area (TPSA) is 106 Å². The summed E-state index contributed by atoms with van der Waals surface area (Å²) in [6.45, 7) is 23.6. The molecule has 37 heavy (non-hydrogen) atoms. The Labute approximate surface area is 224 Å². The molecule has 0 amide bonds. The Bertz CT molecular complexity index is 801. The van der Waals surface area contributed by atoms with E-state index in [0.717, 1.165) is 0 Å². The molecule has 0 aromatic heterocycles. The lowest BCUT2D eigenvalue weighted by Gasteiger charge is -2.55. The van der Waals surface area contributed by atoms with E-state index in [4.69, 9.17) is 9.05 Å². The molecule has 218 valence electrons. The minimum atomic E-state index is -3.72. The van der Waals surface area contributed by atoms with Crippen LogP contribution in [0.15, 0.2) is 0 Å². The molecule has 10 heteroatoms. The van der Waals surface area contributed by atoms with Crippen LogP contribution in [-0.2, 0) is 13.6 Å². The lowest BCUT2D eigenvalue weighted by atomic mass is 9.80. The lowest BCUT2D eigenvalue weighted by molar-refractivity contribution is -0.259. The fraction of sp³-hybridized carbons (Fsp3) is 1.00. The second-order valence-electron chi connectivity index (χ2n) is 15.7. The third kappa shape index (κ3) is 6.15. The van der Waals surface area contributed by atoms with Gasteiger partial charge in [-0.15, -0.1) is 0 Å². The highest BCUT2D eigenvalue weighted by Crippen LogP contribution is 2.64. The largest absolute Gasteiger partial charge is 0.334 e. The van der Waals surface area contributed by atoms with Gasteiger partial charge >= 0.3 is 7.60 Å². The van der Waals surface area contributed by atoms with E-state index in [1.165, 1.54) is 15.2 Å². The second kappa shape index (κ2) is 9.49. The normalized spacial score (nSPS) is 31.4. The van der Waals surface area contributed by atoms with Gasteiger partial charge in [-0.25, -0.2) is 0 Å². The van der Waals surface area contributed by atoms with Gasteiger partial charge in [-0.3, -0.25) is 4.57 Å². The van der Waals surface area contributed by atoms with E-state index in [-0.39, 0.29) is 12.2 Å². The molecule has 0 saturated carbocycles. The zero-order valence-electron chi connectivity index (χ0n) is 25.3. The van der Waals surface area contributed by atoms with Crippen LogP contribution in [0.25, 0.3) is 0 Å². The van der Waals surface area contributed by atoms with Crippen molar-refractivity contribution in [3.05, 3.63) is 0 Å². The summed E-state index contributed by atoms with van der Waals surface area (Å²) in [5, 5.41) is 36.7. The molecular formula is C27H54N3O6P. The average molecular weight is 548 g/mol. The van der Waals surface area contributed by atoms with Gasteiger partial charge in [-0.2, -0.15) is 15.2 Å². The molecule has 0 unspecified atom stereocenters. The molecule has 0 atom stereocenters. The second-order valence-corrected chi connectivity index (χ2v) is 17.9. The van der Waals surface area contributed by atoms with Crippen LogP contribution in [0, 0.1) is 0 Å². The summed E-state index contributed by atoms with van der Waals surface area (Å²) in [4.78, 5) is 0. The molecule has 0 aliphatic carbocycles. The third-order valence-electron chi connectivity index (χ3n) is 8.86. The Kier molecular flexibility index (Phi) is 8.06. The van der Waals surface area contributed by atoms with E-state index in [0.29, 0.717) is 38.5 Å². The Morgan fingerprint density at radius 3 is 0.973 bits per heavy atom. The fourth-order valence-corrected chi connectivity index (χ4v) is 10.4. The van der Waals surface area contributed by atoms with E-state index < -0.39 is 46.5 Å². The van der Waals surface area contributed by atoms with Crippen LogP contribution < -0.4 is 0 Å². The Morgan fingerprint density at radius 1 is 0.514 bits per heavy atom. The number of nitrogens with zero attached hydrogens (tertiary/aromatic N) is 3. The van der Waals surface area contributed by atoms with E-state index in [1.54, 1.807) is 0 Å². The summed E-state index contributed by atoms with van der Waals surface area (Å²) in [6.07, 6.45) is 2.24. The Morgan fingerprint density at radius 2 is 0.730 bits per heavy atom. The first-order chi connectivity index (χ1) is 16.3. The molecule has 3 saturated heterocycles. The molecule has 0 radical (unpaired) electrons. The minimum absolute atomic E-state index is 0.364. The standard InChI is InChI=1S/C27H54N3O6P/c1-22(2)13-19(14-23(3,4)28(22)31)35-37(34,21-17-26(9,10)30(33)27(11,12)18-21)36-20-15-24(5,6)29(32)25(7,8)16-20/h19-21,31-33H,13-18H2,1-12H3. The first-order valence-electron chi connectivity index (χ1n) is 13.8. The van der Waals surface area contributed by atoms with Gasteiger partial charge in [-0.05, 0) is 122 Å². The van der Waals surface area contributed by atoms with Crippen molar-refractivity contribution in [2.45, 2.75) is 173 Å². The summed E-state index contributed by atoms with van der Waals surface area (Å²) in [5.74, 6) is 0. The monoisotopic (exact) mass is 547 g/mol. The van der Waals surface area contributed by atoms with Crippen molar-refractivity contribution in [2.75, 3.05) is 0 Å². The van der Waals surface area contributed by atoms with Crippen LogP contribution in [0.4, 0.5) is 0 Å². The molecule has 0 aromatic rings. The van der Waals surface area contributed by atoms with Crippen molar-refractivity contribution in [1.29, 1.82) is 0 Å². The quantitative estimate of drug-likeness (QED) is 0.335. The van der Waals surface area contributed by atoms with E-state index in [9.17, 15) is 15.6 Å². The minimum Gasteiger partial charge on any atom is -0.313 e. The van der Waals surface area contributed by atoms with Crippen LogP contribution in [0.3, 0.4) is 0 Å². The first-order valence-corrected chi connectivity index (χ1v) is 15.4. The molecule has 3 heterocycles. The SMILES string of the molecule is CC1(C)CC(OP(=O)(OC2CC(C)(C)N(O)C(C)(C)C2)C2CC(C)(C)N(O)C(C)(C)C2)CC(C)(C)N1O. The van der Waals surface area contributed by atoms with Crippen molar-refractivity contribution in [3.63, 3.8) is 0 Å². The average Bonchev–Trinajstić information content (AvgIpc) is 2.66. The molecule has 0 spiro atoms. The van der Waals surface area contributed by atoms with Crippen LogP contribution in [0.5, 0.6) is 0 Å². The highest BCUT2D eigenvalue weighted by molar-refractivity contribution is 7.54. The summed E-state index contributed by atoms with van der Waals surface area (Å²) in [5.41, 5.74) is -3.87. The molecular weight excluding hydrogens is 493 g/mol. The van der Waals surface area contributed by atoms with Crippen molar-refractivity contribution in [1.82, 2.24) is 15.2 Å². The van der Waals surface area contributed by atoms with Gasteiger partial charge in [0.05, 0.1) is 17.9 Å². The van der Waals surface area contributed by atoms with Gasteiger partial charge in [0.25, 0.3) is 0 Å².